The maximum atomic E-state index is 12.4. The lowest BCUT2D eigenvalue weighted by Crippen LogP contribution is -2.25. The Labute approximate surface area is 185 Å². The molecule has 32 heavy (non-hydrogen) atoms. The molecule has 0 spiro atoms. The van der Waals surface area contributed by atoms with E-state index in [2.05, 4.69) is 20.0 Å². The van der Waals surface area contributed by atoms with Crippen LogP contribution in [0.2, 0.25) is 0 Å². The molecule has 2 heterocycles. The molecule has 1 aromatic heterocycles. The summed E-state index contributed by atoms with van der Waals surface area (Å²) in [6.07, 6.45) is 3.64. The Morgan fingerprint density at radius 2 is 1.81 bits per heavy atom. The maximum Gasteiger partial charge on any atom is 0.264 e. The zero-order valence-corrected chi connectivity index (χ0v) is 18.3. The molecule has 2 aromatic carbocycles. The number of carbonyl (C=O) groups is 1. The van der Waals surface area contributed by atoms with E-state index in [1.54, 1.807) is 12.1 Å². The van der Waals surface area contributed by atoms with Gasteiger partial charge in [0, 0.05) is 30.1 Å². The first-order valence-corrected chi connectivity index (χ1v) is 11.3. The lowest BCUT2D eigenvalue weighted by atomic mass is 10.0. The van der Waals surface area contributed by atoms with E-state index >= 15 is 0 Å². The number of anilines is 2. The fourth-order valence-corrected chi connectivity index (χ4v) is 4.25. The van der Waals surface area contributed by atoms with Gasteiger partial charge in [-0.25, -0.2) is 23.1 Å². The van der Waals surface area contributed by atoms with Gasteiger partial charge in [-0.15, -0.1) is 0 Å². The number of amides is 1. The van der Waals surface area contributed by atoms with Crippen LogP contribution in [0, 0.1) is 0 Å². The Bertz CT molecular complexity index is 1230. The van der Waals surface area contributed by atoms with Gasteiger partial charge in [0.1, 0.15) is 5.60 Å². The number of sulfonamides is 1. The van der Waals surface area contributed by atoms with Crippen LogP contribution >= 0.6 is 0 Å². The number of aromatic nitrogens is 2. The lowest BCUT2D eigenvalue weighted by Gasteiger charge is -2.18. The number of nitrogens with one attached hydrogen (secondary N) is 2. The van der Waals surface area contributed by atoms with Gasteiger partial charge in [0.2, 0.25) is 5.95 Å². The molecule has 10 heteroatoms. The number of fused-ring (bicyclic) bond motifs is 1. The number of para-hydroxylation sites is 1. The van der Waals surface area contributed by atoms with Gasteiger partial charge in [0.05, 0.1) is 4.90 Å². The highest BCUT2D eigenvalue weighted by molar-refractivity contribution is 7.92. The summed E-state index contributed by atoms with van der Waals surface area (Å²) in [5.74, 6) is 0.765. The van der Waals surface area contributed by atoms with Gasteiger partial charge in [-0.05, 0) is 50.2 Å². The summed E-state index contributed by atoms with van der Waals surface area (Å²) in [6.45, 7) is 3.78. The molecule has 0 aliphatic carbocycles. The van der Waals surface area contributed by atoms with Gasteiger partial charge in [-0.3, -0.25) is 4.79 Å². The van der Waals surface area contributed by atoms with E-state index in [1.807, 2.05) is 26.0 Å². The average Bonchev–Trinajstić information content (AvgIpc) is 3.07. The molecule has 0 fully saturated rings. The van der Waals surface area contributed by atoms with Crippen molar-refractivity contribution in [1.29, 1.82) is 0 Å². The predicted octanol–water partition coefficient (Wildman–Crippen LogP) is 3.01. The van der Waals surface area contributed by atoms with Gasteiger partial charge in [-0.1, -0.05) is 12.1 Å². The third-order valence-corrected chi connectivity index (χ3v) is 6.00. The Morgan fingerprint density at radius 3 is 2.53 bits per heavy atom. The van der Waals surface area contributed by atoms with Gasteiger partial charge in [0.15, 0.2) is 18.1 Å². The van der Waals surface area contributed by atoms with Gasteiger partial charge in [0.25, 0.3) is 15.9 Å². The minimum atomic E-state index is -3.85. The highest BCUT2D eigenvalue weighted by Gasteiger charge is 2.32. The molecule has 166 valence electrons. The number of hydrogen-bond acceptors (Lipinski definition) is 7. The summed E-state index contributed by atoms with van der Waals surface area (Å²) in [4.78, 5) is 20.0. The van der Waals surface area contributed by atoms with Crippen LogP contribution in [0.5, 0.6) is 11.5 Å². The van der Waals surface area contributed by atoms with Crippen molar-refractivity contribution in [2.75, 3.05) is 16.6 Å². The van der Waals surface area contributed by atoms with E-state index in [9.17, 15) is 13.2 Å². The highest BCUT2D eigenvalue weighted by Crippen LogP contribution is 2.41. The van der Waals surface area contributed by atoms with Crippen LogP contribution in [-0.4, -0.2) is 36.5 Å². The van der Waals surface area contributed by atoms with Crippen LogP contribution in [0.1, 0.15) is 19.4 Å². The lowest BCUT2D eigenvalue weighted by molar-refractivity contribution is -0.118. The fourth-order valence-electron chi connectivity index (χ4n) is 3.29. The zero-order chi connectivity index (χ0) is 22.8. The molecule has 1 aliphatic rings. The largest absolute Gasteiger partial charge is 0.483 e. The molecule has 0 saturated carbocycles. The molecule has 0 saturated heterocycles. The second-order valence-corrected chi connectivity index (χ2v) is 9.50. The normalized spacial score (nSPS) is 14.2. The van der Waals surface area contributed by atoms with Crippen LogP contribution < -0.4 is 19.5 Å². The van der Waals surface area contributed by atoms with Crippen molar-refractivity contribution in [3.8, 4) is 11.5 Å². The van der Waals surface area contributed by atoms with Crippen LogP contribution in [0.15, 0.2) is 65.8 Å². The molecule has 0 unspecified atom stereocenters. The van der Waals surface area contributed by atoms with Crippen molar-refractivity contribution >= 4 is 27.6 Å². The molecular formula is C22H22N4O5S. The van der Waals surface area contributed by atoms with Gasteiger partial charge in [-0.2, -0.15) is 0 Å². The van der Waals surface area contributed by atoms with Crippen molar-refractivity contribution in [1.82, 2.24) is 9.97 Å². The van der Waals surface area contributed by atoms with Crippen molar-refractivity contribution in [3.05, 3.63) is 66.5 Å². The van der Waals surface area contributed by atoms with Crippen LogP contribution in [0.25, 0.3) is 0 Å². The highest BCUT2D eigenvalue weighted by atomic mass is 32.2. The second kappa shape index (κ2) is 8.46. The first-order valence-electron chi connectivity index (χ1n) is 9.85. The van der Waals surface area contributed by atoms with Crippen LogP contribution in [0.3, 0.4) is 0 Å². The fraction of sp³-hybridized carbons (Fsp3) is 0.227. The molecule has 0 bridgehead atoms. The molecular weight excluding hydrogens is 432 g/mol. The third-order valence-electron chi connectivity index (χ3n) is 4.65. The number of benzene rings is 2. The minimum Gasteiger partial charge on any atom is -0.483 e. The van der Waals surface area contributed by atoms with E-state index in [0.717, 1.165) is 12.0 Å². The van der Waals surface area contributed by atoms with E-state index in [-0.39, 0.29) is 29.0 Å². The summed E-state index contributed by atoms with van der Waals surface area (Å²) < 4.78 is 38.7. The van der Waals surface area contributed by atoms with Crippen molar-refractivity contribution in [3.63, 3.8) is 0 Å². The summed E-state index contributed by atoms with van der Waals surface area (Å²) >= 11 is 0. The average molecular weight is 455 g/mol. The Hall–Kier alpha value is -3.66. The van der Waals surface area contributed by atoms with Crippen LogP contribution in [0.4, 0.5) is 11.6 Å². The molecule has 0 radical (unpaired) electrons. The van der Waals surface area contributed by atoms with E-state index in [1.165, 1.54) is 36.7 Å². The van der Waals surface area contributed by atoms with E-state index in [0.29, 0.717) is 17.2 Å². The molecule has 1 aliphatic heterocycles. The smallest absolute Gasteiger partial charge is 0.264 e. The SMILES string of the molecule is CC1(C)Cc2cccc(OCC(=O)Nc3ccc(S(=O)(=O)Nc4ncccn4)cc3)c2O1. The Balaban J connectivity index is 1.35. The Morgan fingerprint density at radius 1 is 1.09 bits per heavy atom. The van der Waals surface area contributed by atoms with Crippen molar-refractivity contribution in [2.24, 2.45) is 0 Å². The monoisotopic (exact) mass is 454 g/mol. The number of hydrogen-bond donors (Lipinski definition) is 2. The van der Waals surface area contributed by atoms with E-state index in [4.69, 9.17) is 9.47 Å². The number of ether oxygens (including phenoxy) is 2. The minimum absolute atomic E-state index is 0.0128. The maximum absolute atomic E-state index is 12.4. The first-order chi connectivity index (χ1) is 15.2. The third kappa shape index (κ3) is 4.97. The molecule has 9 nitrogen and oxygen atoms in total. The van der Waals surface area contributed by atoms with Crippen molar-refractivity contribution < 1.29 is 22.7 Å². The van der Waals surface area contributed by atoms with Gasteiger partial charge < -0.3 is 14.8 Å². The van der Waals surface area contributed by atoms with Gasteiger partial charge >= 0.3 is 0 Å². The number of nitrogens with zero attached hydrogens (tertiary/aromatic N) is 2. The quantitative estimate of drug-likeness (QED) is 0.563. The summed E-state index contributed by atoms with van der Waals surface area (Å²) in [5, 5.41) is 2.68. The van der Waals surface area contributed by atoms with E-state index < -0.39 is 10.0 Å². The Kier molecular flexibility index (Phi) is 5.70. The zero-order valence-electron chi connectivity index (χ0n) is 17.5. The van der Waals surface area contributed by atoms with Crippen molar-refractivity contribution in [2.45, 2.75) is 30.8 Å². The number of carbonyl (C=O) groups excluding carboxylic acids is 1. The first kappa shape index (κ1) is 21.6. The summed E-state index contributed by atoms with van der Waals surface area (Å²) in [7, 11) is -3.85. The predicted molar refractivity (Wildman–Crippen MR) is 118 cm³/mol. The summed E-state index contributed by atoms with van der Waals surface area (Å²) in [6, 6.07) is 12.9. The molecule has 1 amide bonds. The second-order valence-electron chi connectivity index (χ2n) is 7.82. The summed E-state index contributed by atoms with van der Waals surface area (Å²) in [5.41, 5.74) is 1.16. The molecule has 2 N–H and O–H groups in total. The topological polar surface area (TPSA) is 120 Å². The number of rotatable bonds is 7. The van der Waals surface area contributed by atoms with Crippen LogP contribution in [-0.2, 0) is 21.2 Å². The standard InChI is InChI=1S/C22H22N4O5S/c1-22(2)13-15-5-3-6-18(20(15)31-22)30-14-19(27)25-16-7-9-17(10-8-16)32(28,29)26-21-23-11-4-12-24-21/h3-12H,13-14H2,1-2H3,(H,25,27)(H,23,24,26). The molecule has 3 aromatic rings. The molecule has 0 atom stereocenters. The molecule has 4 rings (SSSR count).